The predicted molar refractivity (Wildman–Crippen MR) is 150 cm³/mol. The van der Waals surface area contributed by atoms with Crippen LogP contribution in [0.5, 0.6) is 11.5 Å². The number of urea groups is 1. The van der Waals surface area contributed by atoms with Crippen molar-refractivity contribution in [2.75, 3.05) is 13.7 Å². The van der Waals surface area contributed by atoms with Crippen LogP contribution in [-0.4, -0.2) is 52.9 Å². The zero-order chi connectivity index (χ0) is 29.4. The molecular formula is C31H30N4O6. The molecule has 41 heavy (non-hydrogen) atoms. The Morgan fingerprint density at radius 1 is 1.15 bits per heavy atom. The van der Waals surface area contributed by atoms with Gasteiger partial charge >= 0.3 is 12.0 Å². The fourth-order valence-electron chi connectivity index (χ4n) is 4.70. The number of carbonyl (C=O) groups is 4. The van der Waals surface area contributed by atoms with Crippen LogP contribution in [0.4, 0.5) is 4.79 Å². The number of nitrogens with one attached hydrogen (secondary N) is 2. The SMILES string of the molecule is COc1ccc2c(c1)C(=O)N(CC1(C#CC3=CC=C(c4ncccc4OC(=O)C(C)(C)C)CC3)NC(=O)NC1=O)C2. The third kappa shape index (κ3) is 5.57. The maximum atomic E-state index is 13.1. The largest absolute Gasteiger partial charge is 0.497 e. The molecule has 1 aromatic carbocycles. The van der Waals surface area contributed by atoms with Crippen molar-refractivity contribution < 1.29 is 28.7 Å². The van der Waals surface area contributed by atoms with Crippen LogP contribution in [-0.2, 0) is 16.1 Å². The Labute approximate surface area is 237 Å². The topological polar surface area (TPSA) is 127 Å². The standard InChI is InChI=1S/C31H30N4O6/c1-30(2,3)28(38)41-24-6-5-15-32-25(24)20-9-7-19(8-10-20)13-14-31(27(37)33-29(39)34-31)18-35-17-21-11-12-22(40-4)16-23(21)26(35)36/h5-7,9,11-12,15-16H,8,10,17-18H2,1-4H3,(H2,33,34,37,39). The van der Waals surface area contributed by atoms with Crippen LogP contribution < -0.4 is 20.1 Å². The summed E-state index contributed by atoms with van der Waals surface area (Å²) in [4.78, 5) is 56.6. The number of rotatable bonds is 5. The molecule has 2 aliphatic heterocycles. The van der Waals surface area contributed by atoms with E-state index in [2.05, 4.69) is 27.5 Å². The quantitative estimate of drug-likeness (QED) is 0.330. The van der Waals surface area contributed by atoms with Crippen molar-refractivity contribution in [1.82, 2.24) is 20.5 Å². The van der Waals surface area contributed by atoms with Crippen LogP contribution in [0.3, 0.4) is 0 Å². The monoisotopic (exact) mass is 554 g/mol. The van der Waals surface area contributed by atoms with Crippen molar-refractivity contribution in [2.24, 2.45) is 5.41 Å². The molecule has 5 rings (SSSR count). The van der Waals surface area contributed by atoms with Gasteiger partial charge in [0, 0.05) is 23.9 Å². The fraction of sp³-hybridized carbons (Fsp3) is 0.323. The van der Waals surface area contributed by atoms with E-state index in [1.54, 1.807) is 51.2 Å². The molecule has 10 heteroatoms. The number of hydrogen-bond donors (Lipinski definition) is 2. The number of benzene rings is 1. The summed E-state index contributed by atoms with van der Waals surface area (Å²) < 4.78 is 10.9. The third-order valence-electron chi connectivity index (χ3n) is 7.04. The number of aromatic nitrogens is 1. The van der Waals surface area contributed by atoms with E-state index in [1.807, 2.05) is 18.2 Å². The summed E-state index contributed by atoms with van der Waals surface area (Å²) in [6.45, 7) is 5.53. The van der Waals surface area contributed by atoms with E-state index in [9.17, 15) is 19.2 Å². The maximum Gasteiger partial charge on any atom is 0.323 e. The van der Waals surface area contributed by atoms with Crippen molar-refractivity contribution in [3.8, 4) is 23.3 Å². The highest BCUT2D eigenvalue weighted by atomic mass is 16.5. The van der Waals surface area contributed by atoms with Gasteiger partial charge < -0.3 is 19.7 Å². The van der Waals surface area contributed by atoms with Crippen molar-refractivity contribution >= 4 is 29.4 Å². The minimum atomic E-state index is -1.60. The Balaban J connectivity index is 1.38. The first-order valence-electron chi connectivity index (χ1n) is 13.2. The average Bonchev–Trinajstić information content (AvgIpc) is 3.41. The number of imide groups is 1. The molecular weight excluding hydrogens is 524 g/mol. The van der Waals surface area contributed by atoms with E-state index < -0.39 is 22.9 Å². The number of amides is 4. The summed E-state index contributed by atoms with van der Waals surface area (Å²) in [5.74, 6) is 5.72. The van der Waals surface area contributed by atoms with E-state index in [1.165, 1.54) is 12.0 Å². The molecule has 210 valence electrons. The fourth-order valence-corrected chi connectivity index (χ4v) is 4.70. The van der Waals surface area contributed by atoms with Crippen LogP contribution in [0, 0.1) is 17.3 Å². The second-order valence-electron chi connectivity index (χ2n) is 11.1. The first kappa shape index (κ1) is 27.6. The molecule has 1 aromatic heterocycles. The van der Waals surface area contributed by atoms with E-state index in [0.29, 0.717) is 35.6 Å². The molecule has 10 nitrogen and oxygen atoms in total. The summed E-state index contributed by atoms with van der Waals surface area (Å²) in [5, 5.41) is 4.89. The summed E-state index contributed by atoms with van der Waals surface area (Å²) in [5.41, 5.74) is 1.24. The number of nitrogens with zero attached hydrogens (tertiary/aromatic N) is 2. The van der Waals surface area contributed by atoms with Gasteiger partial charge in [-0.3, -0.25) is 24.7 Å². The van der Waals surface area contributed by atoms with E-state index in [0.717, 1.165) is 16.7 Å². The van der Waals surface area contributed by atoms with Gasteiger partial charge in [-0.05, 0) is 69.0 Å². The van der Waals surface area contributed by atoms with Crippen LogP contribution >= 0.6 is 0 Å². The summed E-state index contributed by atoms with van der Waals surface area (Å²) >= 11 is 0. The van der Waals surface area contributed by atoms with Gasteiger partial charge in [-0.2, -0.15) is 0 Å². The second-order valence-corrected chi connectivity index (χ2v) is 11.1. The number of hydrogen-bond acceptors (Lipinski definition) is 7. The molecule has 0 radical (unpaired) electrons. The Morgan fingerprint density at radius 2 is 1.95 bits per heavy atom. The number of esters is 1. The smallest absolute Gasteiger partial charge is 0.323 e. The molecule has 0 saturated carbocycles. The summed E-state index contributed by atoms with van der Waals surface area (Å²) in [7, 11) is 1.52. The predicted octanol–water partition coefficient (Wildman–Crippen LogP) is 3.38. The number of ether oxygens (including phenoxy) is 2. The molecule has 1 aliphatic carbocycles. The zero-order valence-electron chi connectivity index (χ0n) is 23.3. The van der Waals surface area contributed by atoms with Crippen molar-refractivity contribution in [3.05, 3.63) is 71.1 Å². The average molecular weight is 555 g/mol. The normalized spacial score (nSPS) is 19.8. The lowest BCUT2D eigenvalue weighted by atomic mass is 9.93. The van der Waals surface area contributed by atoms with Crippen molar-refractivity contribution in [1.29, 1.82) is 0 Å². The lowest BCUT2D eigenvalue weighted by Crippen LogP contribution is -2.54. The van der Waals surface area contributed by atoms with Crippen LogP contribution in [0.2, 0.25) is 0 Å². The third-order valence-corrected chi connectivity index (χ3v) is 7.04. The van der Waals surface area contributed by atoms with Crippen LogP contribution in [0.25, 0.3) is 5.57 Å². The van der Waals surface area contributed by atoms with Crippen LogP contribution in [0.15, 0.2) is 54.3 Å². The first-order valence-corrected chi connectivity index (χ1v) is 13.2. The summed E-state index contributed by atoms with van der Waals surface area (Å²) in [6.07, 6.45) is 6.44. The molecule has 1 unspecified atom stereocenters. The Morgan fingerprint density at radius 3 is 2.61 bits per heavy atom. The molecule has 4 amide bonds. The van der Waals surface area contributed by atoms with E-state index in [4.69, 9.17) is 9.47 Å². The highest BCUT2D eigenvalue weighted by Crippen LogP contribution is 2.33. The van der Waals surface area contributed by atoms with Gasteiger partial charge in [-0.1, -0.05) is 30.1 Å². The minimum Gasteiger partial charge on any atom is -0.497 e. The van der Waals surface area contributed by atoms with Crippen molar-refractivity contribution in [2.45, 2.75) is 45.7 Å². The second kappa shape index (κ2) is 10.6. The number of carbonyl (C=O) groups excluding carboxylic acids is 4. The highest BCUT2D eigenvalue weighted by Gasteiger charge is 2.48. The molecule has 3 aliphatic rings. The Kier molecular flexibility index (Phi) is 7.13. The number of methoxy groups -OCH3 is 1. The van der Waals surface area contributed by atoms with E-state index in [-0.39, 0.29) is 25.0 Å². The molecule has 1 fully saturated rings. The van der Waals surface area contributed by atoms with Gasteiger partial charge in [-0.25, -0.2) is 4.79 Å². The zero-order valence-corrected chi connectivity index (χ0v) is 23.3. The van der Waals surface area contributed by atoms with Gasteiger partial charge in [0.15, 0.2) is 5.75 Å². The lowest BCUT2D eigenvalue weighted by molar-refractivity contribution is -0.143. The molecule has 1 saturated heterocycles. The molecule has 2 N–H and O–H groups in total. The van der Waals surface area contributed by atoms with Gasteiger partial charge in [0.05, 0.1) is 19.1 Å². The molecule has 1 atom stereocenters. The van der Waals surface area contributed by atoms with E-state index >= 15 is 0 Å². The molecule has 0 bridgehead atoms. The first-order chi connectivity index (χ1) is 19.5. The van der Waals surface area contributed by atoms with Gasteiger partial charge in [0.1, 0.15) is 11.4 Å². The van der Waals surface area contributed by atoms with Gasteiger partial charge in [-0.15, -0.1) is 0 Å². The lowest BCUT2D eigenvalue weighted by Gasteiger charge is -2.26. The molecule has 2 aromatic rings. The maximum absolute atomic E-state index is 13.1. The summed E-state index contributed by atoms with van der Waals surface area (Å²) in [6, 6.07) is 8.01. The Hall–Kier alpha value is -4.91. The molecule has 0 spiro atoms. The minimum absolute atomic E-state index is 0.113. The van der Waals surface area contributed by atoms with Gasteiger partial charge in [0.2, 0.25) is 5.54 Å². The van der Waals surface area contributed by atoms with Gasteiger partial charge in [0.25, 0.3) is 11.8 Å². The molecule has 3 heterocycles. The van der Waals surface area contributed by atoms with Crippen molar-refractivity contribution in [3.63, 3.8) is 0 Å². The Bertz CT molecular complexity index is 1590. The highest BCUT2D eigenvalue weighted by molar-refractivity contribution is 6.10. The number of allylic oxidation sites excluding steroid dienone is 4. The number of pyridine rings is 1. The van der Waals surface area contributed by atoms with Crippen LogP contribution in [0.1, 0.15) is 55.2 Å². The number of fused-ring (bicyclic) bond motifs is 1.